The highest BCUT2D eigenvalue weighted by Crippen LogP contribution is 2.25. The molecule has 1 aromatic carbocycles. The van der Waals surface area contributed by atoms with E-state index >= 15 is 0 Å². The molecule has 1 unspecified atom stereocenters. The molecule has 0 fully saturated rings. The van der Waals surface area contributed by atoms with E-state index < -0.39 is 11.7 Å². The number of pyridine rings is 1. The molecule has 106 valence electrons. The first-order valence-electron chi connectivity index (χ1n) is 6.42. The van der Waals surface area contributed by atoms with Crippen molar-refractivity contribution in [2.75, 3.05) is 6.26 Å². The van der Waals surface area contributed by atoms with E-state index in [1.54, 1.807) is 43.9 Å². The second kappa shape index (κ2) is 5.95. The van der Waals surface area contributed by atoms with Gasteiger partial charge in [0.15, 0.2) is 0 Å². The molecule has 1 aromatic heterocycles. The van der Waals surface area contributed by atoms with Crippen LogP contribution in [0, 0.1) is 0 Å². The van der Waals surface area contributed by atoms with Gasteiger partial charge in [-0.2, -0.15) is 0 Å². The van der Waals surface area contributed by atoms with Crippen LogP contribution in [-0.4, -0.2) is 21.5 Å². The number of aliphatic hydroxyl groups is 2. The van der Waals surface area contributed by atoms with Gasteiger partial charge in [-0.05, 0) is 43.9 Å². The average Bonchev–Trinajstić information content (AvgIpc) is 2.46. The van der Waals surface area contributed by atoms with Crippen molar-refractivity contribution in [3.63, 3.8) is 0 Å². The van der Waals surface area contributed by atoms with Crippen LogP contribution in [-0.2, 0) is 5.60 Å². The maximum absolute atomic E-state index is 10.3. The van der Waals surface area contributed by atoms with Gasteiger partial charge in [0, 0.05) is 16.7 Å². The lowest BCUT2D eigenvalue weighted by Gasteiger charge is -2.18. The van der Waals surface area contributed by atoms with Crippen molar-refractivity contribution in [2.24, 2.45) is 0 Å². The van der Waals surface area contributed by atoms with Crippen molar-refractivity contribution in [2.45, 2.75) is 30.4 Å². The molecule has 0 amide bonds. The quantitative estimate of drug-likeness (QED) is 0.849. The molecule has 0 spiro atoms. The number of hydrogen-bond donors (Lipinski definition) is 2. The second-order valence-corrected chi connectivity index (χ2v) is 6.09. The smallest absolute Gasteiger partial charge is 0.121 e. The lowest BCUT2D eigenvalue weighted by atomic mass is 9.99. The van der Waals surface area contributed by atoms with Crippen LogP contribution < -0.4 is 0 Å². The molecule has 1 atom stereocenters. The van der Waals surface area contributed by atoms with Crippen LogP contribution >= 0.6 is 11.8 Å². The molecule has 20 heavy (non-hydrogen) atoms. The Morgan fingerprint density at radius 2 is 1.75 bits per heavy atom. The first-order chi connectivity index (χ1) is 9.41. The number of aliphatic hydroxyl groups excluding tert-OH is 1. The second-order valence-electron chi connectivity index (χ2n) is 5.21. The summed E-state index contributed by atoms with van der Waals surface area (Å²) in [6.07, 6.45) is 2.87. The monoisotopic (exact) mass is 289 g/mol. The van der Waals surface area contributed by atoms with E-state index in [2.05, 4.69) is 4.98 Å². The molecular weight excluding hydrogens is 270 g/mol. The Kier molecular flexibility index (Phi) is 4.48. The molecule has 0 aliphatic heterocycles. The molecule has 2 rings (SSSR count). The van der Waals surface area contributed by atoms with Crippen LogP contribution in [0.25, 0.3) is 0 Å². The van der Waals surface area contributed by atoms with E-state index in [0.717, 1.165) is 16.0 Å². The third-order valence-corrected chi connectivity index (χ3v) is 3.95. The van der Waals surface area contributed by atoms with Crippen molar-refractivity contribution < 1.29 is 10.2 Å². The highest BCUT2D eigenvalue weighted by molar-refractivity contribution is 7.98. The number of aromatic nitrogens is 1. The Bertz CT molecular complexity index is 559. The maximum Gasteiger partial charge on any atom is 0.121 e. The first kappa shape index (κ1) is 15.0. The van der Waals surface area contributed by atoms with Crippen molar-refractivity contribution in [1.29, 1.82) is 0 Å². The minimum atomic E-state index is -0.920. The topological polar surface area (TPSA) is 53.4 Å². The standard InChI is InChI=1S/C16H19NO2S/c1-16(2,19)12-6-9-14(17-10-12)15(18)11-4-7-13(20-3)8-5-11/h4-10,15,18-19H,1-3H3. The van der Waals surface area contributed by atoms with E-state index in [1.807, 2.05) is 30.5 Å². The fourth-order valence-electron chi connectivity index (χ4n) is 1.89. The SMILES string of the molecule is CSc1ccc(C(O)c2ccc(C(C)(C)O)cn2)cc1. The zero-order chi connectivity index (χ0) is 14.8. The summed E-state index contributed by atoms with van der Waals surface area (Å²) in [5.41, 5.74) is 1.20. The third-order valence-electron chi connectivity index (χ3n) is 3.20. The summed E-state index contributed by atoms with van der Waals surface area (Å²) < 4.78 is 0. The van der Waals surface area contributed by atoms with Gasteiger partial charge in [0.05, 0.1) is 11.3 Å². The van der Waals surface area contributed by atoms with Crippen LogP contribution in [0.2, 0.25) is 0 Å². The summed E-state index contributed by atoms with van der Waals surface area (Å²) in [4.78, 5) is 5.41. The summed E-state index contributed by atoms with van der Waals surface area (Å²) >= 11 is 1.66. The van der Waals surface area contributed by atoms with Crippen LogP contribution in [0.1, 0.15) is 36.8 Å². The van der Waals surface area contributed by atoms with Crippen molar-refractivity contribution in [3.05, 3.63) is 59.4 Å². The Balaban J connectivity index is 2.22. The van der Waals surface area contributed by atoms with Gasteiger partial charge < -0.3 is 10.2 Å². The molecule has 3 nitrogen and oxygen atoms in total. The number of thioether (sulfide) groups is 1. The van der Waals surface area contributed by atoms with Gasteiger partial charge in [0.2, 0.25) is 0 Å². The number of benzene rings is 1. The van der Waals surface area contributed by atoms with Gasteiger partial charge in [-0.15, -0.1) is 11.8 Å². The highest BCUT2D eigenvalue weighted by Gasteiger charge is 2.18. The molecule has 1 heterocycles. The van der Waals surface area contributed by atoms with Gasteiger partial charge in [0.25, 0.3) is 0 Å². The van der Waals surface area contributed by atoms with Gasteiger partial charge in [-0.1, -0.05) is 18.2 Å². The van der Waals surface area contributed by atoms with Crippen LogP contribution in [0.15, 0.2) is 47.5 Å². The predicted molar refractivity (Wildman–Crippen MR) is 81.8 cm³/mol. The molecule has 2 aromatic rings. The Hall–Kier alpha value is -1.36. The number of hydrogen-bond acceptors (Lipinski definition) is 4. The molecule has 0 radical (unpaired) electrons. The minimum Gasteiger partial charge on any atom is -0.386 e. The molecular formula is C16H19NO2S. The lowest BCUT2D eigenvalue weighted by Crippen LogP contribution is -2.16. The molecule has 0 aliphatic carbocycles. The summed E-state index contributed by atoms with van der Waals surface area (Å²) in [6, 6.07) is 11.3. The molecule has 0 saturated heterocycles. The summed E-state index contributed by atoms with van der Waals surface area (Å²) in [5, 5.41) is 20.2. The summed E-state index contributed by atoms with van der Waals surface area (Å²) in [6.45, 7) is 3.42. The third kappa shape index (κ3) is 3.39. The molecule has 0 saturated carbocycles. The largest absolute Gasteiger partial charge is 0.386 e. The fourth-order valence-corrected chi connectivity index (χ4v) is 2.29. The van der Waals surface area contributed by atoms with E-state index in [0.29, 0.717) is 5.69 Å². The molecule has 0 aliphatic rings. The van der Waals surface area contributed by atoms with E-state index in [9.17, 15) is 10.2 Å². The first-order valence-corrected chi connectivity index (χ1v) is 7.65. The minimum absolute atomic E-state index is 0.579. The Labute approximate surface area is 123 Å². The Morgan fingerprint density at radius 1 is 1.10 bits per heavy atom. The predicted octanol–water partition coefficient (Wildman–Crippen LogP) is 3.11. The van der Waals surface area contributed by atoms with Crippen LogP contribution in [0.4, 0.5) is 0 Å². The molecule has 4 heteroatoms. The normalized spacial score (nSPS) is 13.2. The molecule has 0 bridgehead atoms. The van der Waals surface area contributed by atoms with E-state index in [-0.39, 0.29) is 0 Å². The average molecular weight is 289 g/mol. The Morgan fingerprint density at radius 3 is 2.20 bits per heavy atom. The van der Waals surface area contributed by atoms with E-state index in [4.69, 9.17) is 0 Å². The van der Waals surface area contributed by atoms with Gasteiger partial charge >= 0.3 is 0 Å². The van der Waals surface area contributed by atoms with Gasteiger partial charge in [-0.3, -0.25) is 4.98 Å². The lowest BCUT2D eigenvalue weighted by molar-refractivity contribution is 0.0780. The van der Waals surface area contributed by atoms with Crippen molar-refractivity contribution in [3.8, 4) is 0 Å². The summed E-state index contributed by atoms with van der Waals surface area (Å²) in [5.74, 6) is 0. The van der Waals surface area contributed by atoms with Gasteiger partial charge in [0.1, 0.15) is 6.10 Å². The van der Waals surface area contributed by atoms with Crippen molar-refractivity contribution in [1.82, 2.24) is 4.98 Å². The summed E-state index contributed by atoms with van der Waals surface area (Å²) in [7, 11) is 0. The van der Waals surface area contributed by atoms with E-state index in [1.165, 1.54) is 0 Å². The van der Waals surface area contributed by atoms with Crippen LogP contribution in [0.5, 0.6) is 0 Å². The number of nitrogens with zero attached hydrogens (tertiary/aromatic N) is 1. The number of rotatable bonds is 4. The van der Waals surface area contributed by atoms with Crippen molar-refractivity contribution >= 4 is 11.8 Å². The molecule has 2 N–H and O–H groups in total. The highest BCUT2D eigenvalue weighted by atomic mass is 32.2. The zero-order valence-electron chi connectivity index (χ0n) is 11.9. The maximum atomic E-state index is 10.3. The fraction of sp³-hybridized carbons (Fsp3) is 0.312. The van der Waals surface area contributed by atoms with Gasteiger partial charge in [-0.25, -0.2) is 0 Å². The zero-order valence-corrected chi connectivity index (χ0v) is 12.7. The van der Waals surface area contributed by atoms with Crippen LogP contribution in [0.3, 0.4) is 0 Å².